The summed E-state index contributed by atoms with van der Waals surface area (Å²) in [5, 5.41) is 11.4. The molecule has 0 amide bonds. The van der Waals surface area contributed by atoms with Crippen molar-refractivity contribution in [2.75, 3.05) is 0 Å². The largest absolute Gasteiger partial charge is 0.480 e. The number of nitrogens with zero attached hydrogens (tertiary/aromatic N) is 1. The Balaban J connectivity index is 1.90. The Morgan fingerprint density at radius 1 is 0.889 bits per heavy atom. The van der Waals surface area contributed by atoms with Gasteiger partial charge in [-0.25, -0.2) is 0 Å². The van der Waals surface area contributed by atoms with Gasteiger partial charge in [0.1, 0.15) is 5.75 Å². The van der Waals surface area contributed by atoms with Gasteiger partial charge < -0.3 is 4.74 Å². The lowest BCUT2D eigenvalue weighted by molar-refractivity contribution is -0.385. The minimum atomic E-state index is -0.631. The Labute approximate surface area is 155 Å². The first-order valence-corrected chi connectivity index (χ1v) is 8.45. The second kappa shape index (κ2) is 6.88. The standard InChI is InChI=1S/C22H15NO4/c24-21-17-11-5-7-13-20(17)27-22(15-8-2-1-3-9-15)18(21)14-16-10-4-6-12-19(16)23(25)26/h1-14,22H. The van der Waals surface area contributed by atoms with E-state index in [2.05, 4.69) is 0 Å². The predicted molar refractivity (Wildman–Crippen MR) is 102 cm³/mol. The van der Waals surface area contributed by atoms with E-state index in [0.717, 1.165) is 5.56 Å². The van der Waals surface area contributed by atoms with Gasteiger partial charge in [0.15, 0.2) is 11.9 Å². The average molecular weight is 357 g/mol. The van der Waals surface area contributed by atoms with Crippen LogP contribution < -0.4 is 4.74 Å². The molecule has 1 atom stereocenters. The molecule has 1 heterocycles. The Hall–Kier alpha value is -3.73. The van der Waals surface area contributed by atoms with E-state index in [9.17, 15) is 14.9 Å². The van der Waals surface area contributed by atoms with Crippen molar-refractivity contribution in [3.8, 4) is 5.75 Å². The van der Waals surface area contributed by atoms with Crippen LogP contribution in [0.5, 0.6) is 5.75 Å². The monoisotopic (exact) mass is 357 g/mol. The molecule has 0 fully saturated rings. The Morgan fingerprint density at radius 2 is 1.56 bits per heavy atom. The van der Waals surface area contributed by atoms with Crippen molar-refractivity contribution in [2.24, 2.45) is 0 Å². The zero-order chi connectivity index (χ0) is 18.8. The maximum Gasteiger partial charge on any atom is 0.276 e. The number of benzene rings is 3. The van der Waals surface area contributed by atoms with Crippen molar-refractivity contribution >= 4 is 17.5 Å². The molecule has 1 unspecified atom stereocenters. The van der Waals surface area contributed by atoms with Crippen molar-refractivity contribution in [3.05, 3.63) is 111 Å². The van der Waals surface area contributed by atoms with Gasteiger partial charge in [-0.3, -0.25) is 14.9 Å². The molecule has 5 heteroatoms. The van der Waals surface area contributed by atoms with Crippen LogP contribution in [0.4, 0.5) is 5.69 Å². The molecule has 27 heavy (non-hydrogen) atoms. The fourth-order valence-electron chi connectivity index (χ4n) is 3.18. The van der Waals surface area contributed by atoms with Crippen LogP contribution in [0.1, 0.15) is 27.6 Å². The molecular formula is C22H15NO4. The van der Waals surface area contributed by atoms with E-state index >= 15 is 0 Å². The first kappa shape index (κ1) is 16.7. The van der Waals surface area contributed by atoms with Crippen LogP contribution in [0.25, 0.3) is 6.08 Å². The van der Waals surface area contributed by atoms with Gasteiger partial charge in [-0.1, -0.05) is 54.6 Å². The zero-order valence-corrected chi connectivity index (χ0v) is 14.2. The normalized spacial score (nSPS) is 17.3. The molecule has 0 bridgehead atoms. The number of nitro benzene ring substituents is 1. The van der Waals surface area contributed by atoms with Crippen molar-refractivity contribution in [1.29, 1.82) is 0 Å². The molecule has 0 saturated carbocycles. The highest BCUT2D eigenvalue weighted by molar-refractivity contribution is 6.14. The first-order valence-electron chi connectivity index (χ1n) is 8.45. The van der Waals surface area contributed by atoms with Crippen LogP contribution >= 0.6 is 0 Å². The van der Waals surface area contributed by atoms with Gasteiger partial charge >= 0.3 is 0 Å². The van der Waals surface area contributed by atoms with Gasteiger partial charge in [0, 0.05) is 11.6 Å². The summed E-state index contributed by atoms with van der Waals surface area (Å²) in [7, 11) is 0. The maximum atomic E-state index is 13.2. The number of rotatable bonds is 3. The summed E-state index contributed by atoms with van der Waals surface area (Å²) in [6.45, 7) is 0. The third-order valence-electron chi connectivity index (χ3n) is 4.47. The van der Waals surface area contributed by atoms with Gasteiger partial charge in [0.05, 0.1) is 16.1 Å². The molecule has 3 aromatic rings. The summed E-state index contributed by atoms with van der Waals surface area (Å²) in [4.78, 5) is 24.1. The van der Waals surface area contributed by atoms with Gasteiger partial charge in [-0.05, 0) is 29.8 Å². The first-order chi connectivity index (χ1) is 13.1. The number of hydrogen-bond acceptors (Lipinski definition) is 4. The lowest BCUT2D eigenvalue weighted by Crippen LogP contribution is -2.23. The van der Waals surface area contributed by atoms with Crippen LogP contribution in [0.2, 0.25) is 0 Å². The molecule has 0 spiro atoms. The number of carbonyl (C=O) groups excluding carboxylic acids is 1. The van der Waals surface area contributed by atoms with Crippen LogP contribution in [0, 0.1) is 10.1 Å². The molecule has 0 aromatic heterocycles. The molecule has 0 aliphatic carbocycles. The van der Waals surface area contributed by atoms with Crippen molar-refractivity contribution in [1.82, 2.24) is 0 Å². The molecule has 3 aromatic carbocycles. The minimum absolute atomic E-state index is 0.0523. The van der Waals surface area contributed by atoms with Crippen LogP contribution in [-0.2, 0) is 0 Å². The maximum absolute atomic E-state index is 13.2. The lowest BCUT2D eigenvalue weighted by Gasteiger charge is -2.28. The lowest BCUT2D eigenvalue weighted by atomic mass is 9.89. The number of ketones is 1. The summed E-state index contributed by atoms with van der Waals surface area (Å²) in [5.41, 5.74) is 1.95. The average Bonchev–Trinajstić information content (AvgIpc) is 2.71. The third-order valence-corrected chi connectivity index (χ3v) is 4.47. The molecule has 132 valence electrons. The van der Waals surface area contributed by atoms with Crippen LogP contribution in [-0.4, -0.2) is 10.7 Å². The van der Waals surface area contributed by atoms with E-state index in [1.165, 1.54) is 6.07 Å². The fraction of sp³-hybridized carbons (Fsp3) is 0.0455. The van der Waals surface area contributed by atoms with E-state index in [4.69, 9.17) is 4.74 Å². The van der Waals surface area contributed by atoms with Gasteiger partial charge in [-0.15, -0.1) is 0 Å². The summed E-state index contributed by atoms with van der Waals surface area (Å²) >= 11 is 0. The fourth-order valence-corrected chi connectivity index (χ4v) is 3.18. The quantitative estimate of drug-likeness (QED) is 0.376. The van der Waals surface area contributed by atoms with Crippen molar-refractivity contribution in [3.63, 3.8) is 0 Å². The zero-order valence-electron chi connectivity index (χ0n) is 14.2. The highest BCUT2D eigenvalue weighted by Crippen LogP contribution is 2.39. The second-order valence-corrected chi connectivity index (χ2v) is 6.15. The summed E-state index contributed by atoms with van der Waals surface area (Å²) in [6, 6.07) is 22.8. The summed E-state index contributed by atoms with van der Waals surface area (Å²) < 4.78 is 6.11. The van der Waals surface area contributed by atoms with Gasteiger partial charge in [0.2, 0.25) is 0 Å². The van der Waals surface area contributed by atoms with E-state index in [0.29, 0.717) is 22.4 Å². The molecule has 5 nitrogen and oxygen atoms in total. The Morgan fingerprint density at radius 3 is 2.33 bits per heavy atom. The van der Waals surface area contributed by atoms with Gasteiger partial charge in [-0.2, -0.15) is 0 Å². The van der Waals surface area contributed by atoms with Crippen LogP contribution in [0.3, 0.4) is 0 Å². The number of ether oxygens (including phenoxy) is 1. The highest BCUT2D eigenvalue weighted by atomic mass is 16.6. The number of Topliss-reactive ketones (excluding diaryl/α,β-unsaturated/α-hetero) is 1. The predicted octanol–water partition coefficient (Wildman–Crippen LogP) is 4.99. The topological polar surface area (TPSA) is 69.4 Å². The van der Waals surface area contributed by atoms with E-state index < -0.39 is 11.0 Å². The number of hydrogen-bond donors (Lipinski definition) is 0. The number of para-hydroxylation sites is 2. The summed E-state index contributed by atoms with van der Waals surface area (Å²) in [6.07, 6.45) is 0.932. The minimum Gasteiger partial charge on any atom is -0.480 e. The van der Waals surface area contributed by atoms with Crippen molar-refractivity contribution in [2.45, 2.75) is 6.10 Å². The van der Waals surface area contributed by atoms with E-state index in [1.807, 2.05) is 36.4 Å². The number of nitro groups is 1. The van der Waals surface area contributed by atoms with Crippen LogP contribution in [0.15, 0.2) is 84.4 Å². The molecular weight excluding hydrogens is 342 g/mol. The van der Waals surface area contributed by atoms with Gasteiger partial charge in [0.25, 0.3) is 5.69 Å². The third kappa shape index (κ3) is 3.11. The SMILES string of the molecule is O=C1C(=Cc2ccccc2[N+](=O)[O-])C(c2ccccc2)Oc2ccccc21. The van der Waals surface area contributed by atoms with E-state index in [1.54, 1.807) is 42.5 Å². The highest BCUT2D eigenvalue weighted by Gasteiger charge is 2.33. The molecule has 4 rings (SSSR count). The van der Waals surface area contributed by atoms with Crippen molar-refractivity contribution < 1.29 is 14.5 Å². The van der Waals surface area contributed by atoms with E-state index in [-0.39, 0.29) is 11.5 Å². The molecule has 1 aliphatic heterocycles. The molecule has 0 N–H and O–H groups in total. The smallest absolute Gasteiger partial charge is 0.276 e. The molecule has 1 aliphatic rings. The Bertz CT molecular complexity index is 1060. The Kier molecular flexibility index (Phi) is 4.26. The number of fused-ring (bicyclic) bond motifs is 1. The number of carbonyl (C=O) groups is 1. The summed E-state index contributed by atoms with van der Waals surface area (Å²) in [5.74, 6) is 0.319. The molecule has 0 radical (unpaired) electrons. The molecule has 0 saturated heterocycles. The second-order valence-electron chi connectivity index (χ2n) is 6.15.